The second-order valence-electron chi connectivity index (χ2n) is 4.44. The van der Waals surface area contributed by atoms with E-state index in [4.69, 9.17) is 0 Å². The lowest BCUT2D eigenvalue weighted by molar-refractivity contribution is -0.135. The Morgan fingerprint density at radius 1 is 1.29 bits per heavy atom. The van der Waals surface area contributed by atoms with E-state index in [1.165, 1.54) is 13.0 Å². The fourth-order valence-corrected chi connectivity index (χ4v) is 4.59. The molecular formula is C12H19F3N2O2S2. The highest BCUT2D eigenvalue weighted by atomic mass is 32.2. The molecule has 21 heavy (non-hydrogen) atoms. The zero-order chi connectivity index (χ0) is 16.1. The maximum absolute atomic E-state index is 12.4. The van der Waals surface area contributed by atoms with Crippen molar-refractivity contribution in [1.29, 1.82) is 0 Å². The van der Waals surface area contributed by atoms with Crippen LogP contribution in [0.1, 0.15) is 25.1 Å². The van der Waals surface area contributed by atoms with Crippen molar-refractivity contribution in [3.63, 3.8) is 0 Å². The average molecular weight is 344 g/mol. The van der Waals surface area contributed by atoms with E-state index in [9.17, 15) is 21.6 Å². The molecule has 1 aromatic heterocycles. The third-order valence-electron chi connectivity index (χ3n) is 2.67. The highest BCUT2D eigenvalue weighted by Crippen LogP contribution is 2.27. The highest BCUT2D eigenvalue weighted by Gasteiger charge is 2.36. The van der Waals surface area contributed by atoms with Crippen LogP contribution in [0.5, 0.6) is 0 Å². The van der Waals surface area contributed by atoms with Crippen LogP contribution in [0.4, 0.5) is 13.2 Å². The lowest BCUT2D eigenvalue weighted by Crippen LogP contribution is -2.38. The molecule has 0 unspecified atom stereocenters. The van der Waals surface area contributed by atoms with Gasteiger partial charge in [-0.05, 0) is 25.1 Å². The van der Waals surface area contributed by atoms with Gasteiger partial charge in [0.25, 0.3) is 10.0 Å². The number of rotatable bonds is 8. The summed E-state index contributed by atoms with van der Waals surface area (Å²) >= 11 is 1.00. The first-order chi connectivity index (χ1) is 9.70. The lowest BCUT2D eigenvalue weighted by Gasteiger charge is -2.20. The van der Waals surface area contributed by atoms with E-state index < -0.39 is 22.7 Å². The molecule has 0 aromatic carbocycles. The maximum atomic E-state index is 12.4. The fourth-order valence-electron chi connectivity index (χ4n) is 1.67. The van der Waals surface area contributed by atoms with Gasteiger partial charge < -0.3 is 5.32 Å². The van der Waals surface area contributed by atoms with Crippen LogP contribution in [-0.2, 0) is 16.6 Å². The molecule has 0 atom stereocenters. The molecular weight excluding hydrogens is 325 g/mol. The van der Waals surface area contributed by atoms with Crippen LogP contribution in [0.2, 0.25) is 0 Å². The molecule has 4 nitrogen and oxygen atoms in total. The quantitative estimate of drug-likeness (QED) is 0.738. The molecule has 0 amide bonds. The Kier molecular flexibility index (Phi) is 6.64. The molecule has 0 spiro atoms. The minimum atomic E-state index is -4.55. The van der Waals surface area contributed by atoms with Crippen LogP contribution in [0.15, 0.2) is 16.3 Å². The van der Waals surface area contributed by atoms with Crippen molar-refractivity contribution in [2.75, 3.05) is 19.6 Å². The van der Waals surface area contributed by atoms with E-state index in [1.54, 1.807) is 6.07 Å². The number of nitrogens with one attached hydrogen (secondary N) is 1. The second-order valence-corrected chi connectivity index (χ2v) is 7.78. The first-order valence-corrected chi connectivity index (χ1v) is 8.82. The summed E-state index contributed by atoms with van der Waals surface area (Å²) in [5.74, 6) is 0. The van der Waals surface area contributed by atoms with Gasteiger partial charge in [-0.1, -0.05) is 13.8 Å². The zero-order valence-corrected chi connectivity index (χ0v) is 13.5. The average Bonchev–Trinajstić information content (AvgIpc) is 2.84. The predicted octanol–water partition coefficient (Wildman–Crippen LogP) is 2.82. The van der Waals surface area contributed by atoms with E-state index in [-0.39, 0.29) is 10.8 Å². The molecule has 1 N–H and O–H groups in total. The topological polar surface area (TPSA) is 49.4 Å². The molecule has 0 aliphatic heterocycles. The molecule has 0 radical (unpaired) electrons. The van der Waals surface area contributed by atoms with Gasteiger partial charge in [0.2, 0.25) is 0 Å². The molecule has 122 valence electrons. The molecule has 1 rings (SSSR count). The monoisotopic (exact) mass is 344 g/mol. The molecule has 1 heterocycles. The zero-order valence-electron chi connectivity index (χ0n) is 11.9. The minimum Gasteiger partial charge on any atom is -0.312 e. The summed E-state index contributed by atoms with van der Waals surface area (Å²) in [5, 5.41) is 3.12. The summed E-state index contributed by atoms with van der Waals surface area (Å²) in [6, 6.07) is 2.99. The number of sulfonamides is 1. The van der Waals surface area contributed by atoms with Crippen molar-refractivity contribution in [3.8, 4) is 0 Å². The van der Waals surface area contributed by atoms with Gasteiger partial charge >= 0.3 is 6.18 Å². The smallest absolute Gasteiger partial charge is 0.312 e. The van der Waals surface area contributed by atoms with Gasteiger partial charge in [0.05, 0.1) is 0 Å². The number of hydrogen-bond acceptors (Lipinski definition) is 4. The van der Waals surface area contributed by atoms with Gasteiger partial charge in [0, 0.05) is 18.0 Å². The summed E-state index contributed by atoms with van der Waals surface area (Å²) in [6.45, 7) is 3.03. The summed E-state index contributed by atoms with van der Waals surface area (Å²) in [5.41, 5.74) is 0. The van der Waals surface area contributed by atoms with Gasteiger partial charge in [-0.3, -0.25) is 0 Å². The van der Waals surface area contributed by atoms with Gasteiger partial charge in [-0.15, -0.1) is 11.3 Å². The predicted molar refractivity (Wildman–Crippen MR) is 76.8 cm³/mol. The van der Waals surface area contributed by atoms with Gasteiger partial charge in [0.15, 0.2) is 0 Å². The normalized spacial score (nSPS) is 13.0. The molecule has 9 heteroatoms. The van der Waals surface area contributed by atoms with E-state index in [0.717, 1.165) is 29.2 Å². The third kappa shape index (κ3) is 5.57. The van der Waals surface area contributed by atoms with Crippen molar-refractivity contribution in [3.05, 3.63) is 17.0 Å². The highest BCUT2D eigenvalue weighted by molar-refractivity contribution is 7.91. The van der Waals surface area contributed by atoms with E-state index in [1.807, 2.05) is 6.92 Å². The number of thiophene rings is 1. The van der Waals surface area contributed by atoms with Gasteiger partial charge in [-0.25, -0.2) is 8.42 Å². The first-order valence-electron chi connectivity index (χ1n) is 6.57. The lowest BCUT2D eigenvalue weighted by atomic mass is 10.4. The van der Waals surface area contributed by atoms with Crippen molar-refractivity contribution in [2.45, 2.75) is 37.2 Å². The maximum Gasteiger partial charge on any atom is 0.402 e. The van der Waals surface area contributed by atoms with Gasteiger partial charge in [0.1, 0.15) is 10.8 Å². The van der Waals surface area contributed by atoms with Crippen molar-refractivity contribution in [1.82, 2.24) is 9.62 Å². The summed E-state index contributed by atoms with van der Waals surface area (Å²) in [6.07, 6.45) is -3.60. The summed E-state index contributed by atoms with van der Waals surface area (Å²) in [7, 11) is -4.09. The Morgan fingerprint density at radius 2 is 1.95 bits per heavy atom. The Hall–Kier alpha value is -0.640. The standard InChI is InChI=1S/C12H19F3N2O2S2/c1-3-7-16-8-10-5-6-11(20-10)21(18,19)17(4-2)9-12(13,14)15/h5-6,16H,3-4,7-9H2,1-2H3. The number of alkyl halides is 3. The number of halogens is 3. The fraction of sp³-hybridized carbons (Fsp3) is 0.667. The first kappa shape index (κ1) is 18.4. The Labute approximate surface area is 127 Å². The van der Waals surface area contributed by atoms with Crippen molar-refractivity contribution < 1.29 is 21.6 Å². The largest absolute Gasteiger partial charge is 0.402 e. The van der Waals surface area contributed by atoms with Crippen LogP contribution in [0.25, 0.3) is 0 Å². The van der Waals surface area contributed by atoms with E-state index in [0.29, 0.717) is 10.8 Å². The van der Waals surface area contributed by atoms with Gasteiger partial charge in [-0.2, -0.15) is 17.5 Å². The Bertz CT molecular complexity index is 541. The molecule has 1 aromatic rings. The van der Waals surface area contributed by atoms with Crippen LogP contribution < -0.4 is 5.32 Å². The third-order valence-corrected chi connectivity index (χ3v) is 6.14. The Morgan fingerprint density at radius 3 is 2.48 bits per heavy atom. The Balaban J connectivity index is 2.86. The van der Waals surface area contributed by atoms with Crippen LogP contribution in [0, 0.1) is 0 Å². The SMILES string of the molecule is CCCNCc1ccc(S(=O)(=O)N(CC)CC(F)(F)F)s1. The van der Waals surface area contributed by atoms with Crippen LogP contribution >= 0.6 is 11.3 Å². The molecule has 0 saturated heterocycles. The van der Waals surface area contributed by atoms with Crippen molar-refractivity contribution >= 4 is 21.4 Å². The number of hydrogen-bond donors (Lipinski definition) is 1. The van der Waals surface area contributed by atoms with E-state index >= 15 is 0 Å². The summed E-state index contributed by atoms with van der Waals surface area (Å²) < 4.78 is 62.1. The minimum absolute atomic E-state index is 0.0538. The molecule has 0 aliphatic carbocycles. The van der Waals surface area contributed by atoms with Crippen molar-refractivity contribution in [2.24, 2.45) is 0 Å². The molecule has 0 bridgehead atoms. The van der Waals surface area contributed by atoms with E-state index in [2.05, 4.69) is 5.32 Å². The summed E-state index contributed by atoms with van der Waals surface area (Å²) in [4.78, 5) is 0.782. The van der Waals surface area contributed by atoms with Crippen LogP contribution in [-0.4, -0.2) is 38.5 Å². The molecule has 0 aliphatic rings. The number of nitrogens with zero attached hydrogens (tertiary/aromatic N) is 1. The molecule has 0 fully saturated rings. The molecule has 0 saturated carbocycles. The second kappa shape index (κ2) is 7.57. The van der Waals surface area contributed by atoms with Crippen LogP contribution in [0.3, 0.4) is 0 Å².